The van der Waals surface area contributed by atoms with Crippen LogP contribution in [0.5, 0.6) is 5.75 Å². The summed E-state index contributed by atoms with van der Waals surface area (Å²) in [5.41, 5.74) is 3.27. The normalized spacial score (nSPS) is 13.8. The van der Waals surface area contributed by atoms with E-state index in [-0.39, 0.29) is 22.5 Å². The number of carbonyl (C=O) groups is 1. The number of rotatable bonds is 4. The fraction of sp³-hybridized carbons (Fsp3) is 0.350. The maximum Gasteiger partial charge on any atom is 0.258 e. The third-order valence-electron chi connectivity index (χ3n) is 4.46. The Morgan fingerprint density at radius 3 is 2.37 bits per heavy atom. The smallest absolute Gasteiger partial charge is 0.258 e. The number of benzene rings is 2. The van der Waals surface area contributed by atoms with Gasteiger partial charge >= 0.3 is 0 Å². The van der Waals surface area contributed by atoms with Crippen LogP contribution in [0.25, 0.3) is 0 Å². The Labute approximate surface area is 164 Å². The van der Waals surface area contributed by atoms with Gasteiger partial charge in [0.25, 0.3) is 5.91 Å². The van der Waals surface area contributed by atoms with Gasteiger partial charge in [0.05, 0.1) is 16.6 Å². The van der Waals surface area contributed by atoms with Crippen molar-refractivity contribution in [1.29, 1.82) is 0 Å². The fourth-order valence-electron chi connectivity index (χ4n) is 3.12. The topological polar surface area (TPSA) is 63.7 Å². The van der Waals surface area contributed by atoms with E-state index < -0.39 is 9.84 Å². The van der Waals surface area contributed by atoms with Crippen molar-refractivity contribution in [3.8, 4) is 5.75 Å². The molecule has 144 valence electrons. The Bertz CT molecular complexity index is 984. The van der Waals surface area contributed by atoms with Gasteiger partial charge in [-0.2, -0.15) is 0 Å². The van der Waals surface area contributed by atoms with Crippen LogP contribution in [0.15, 0.2) is 35.2 Å². The predicted molar refractivity (Wildman–Crippen MR) is 105 cm³/mol. The number of fused-ring (bicyclic) bond motifs is 1. The molecule has 5 nitrogen and oxygen atoms in total. The first-order valence-electron chi connectivity index (χ1n) is 8.64. The molecule has 0 bridgehead atoms. The molecule has 0 atom stereocenters. The van der Waals surface area contributed by atoms with Crippen molar-refractivity contribution in [2.24, 2.45) is 0 Å². The molecule has 1 amide bonds. The Kier molecular flexibility index (Phi) is 5.23. The first kappa shape index (κ1) is 19.7. The van der Waals surface area contributed by atoms with Crippen LogP contribution in [-0.2, 0) is 22.9 Å². The maximum atomic E-state index is 13.2. The highest BCUT2D eigenvalue weighted by Crippen LogP contribution is 2.32. The van der Waals surface area contributed by atoms with E-state index in [1.807, 2.05) is 32.9 Å². The quantitative estimate of drug-likeness (QED) is 0.768. The predicted octanol–water partition coefficient (Wildman–Crippen LogP) is 4.00. The third kappa shape index (κ3) is 4.12. The first-order valence-corrected chi connectivity index (χ1v) is 10.9. The highest BCUT2D eigenvalue weighted by Gasteiger charge is 2.28. The minimum atomic E-state index is -3.44. The van der Waals surface area contributed by atoms with Crippen LogP contribution < -0.4 is 4.74 Å². The molecule has 2 aromatic carbocycles. The highest BCUT2D eigenvalue weighted by molar-refractivity contribution is 7.90. The Hall–Kier alpha value is -2.05. The SMILES string of the molecule is Cc1cc2c(cc1Cl)CN(C(=O)c1cc(S(C)(=O)=O)ccc1OC(C)C)C2. The summed E-state index contributed by atoms with van der Waals surface area (Å²) in [6.07, 6.45) is 0.980. The van der Waals surface area contributed by atoms with E-state index in [1.54, 1.807) is 11.0 Å². The average molecular weight is 408 g/mol. The minimum Gasteiger partial charge on any atom is -0.490 e. The molecule has 1 aliphatic rings. The van der Waals surface area contributed by atoms with Gasteiger partial charge in [-0.15, -0.1) is 0 Å². The Morgan fingerprint density at radius 2 is 1.78 bits per heavy atom. The van der Waals surface area contributed by atoms with Crippen LogP contribution in [0, 0.1) is 6.92 Å². The van der Waals surface area contributed by atoms with E-state index in [4.69, 9.17) is 16.3 Å². The van der Waals surface area contributed by atoms with E-state index in [9.17, 15) is 13.2 Å². The lowest BCUT2D eigenvalue weighted by Gasteiger charge is -2.20. The first-order chi connectivity index (χ1) is 12.6. The summed E-state index contributed by atoms with van der Waals surface area (Å²) in [6, 6.07) is 8.29. The molecule has 0 saturated carbocycles. The molecule has 0 unspecified atom stereocenters. The third-order valence-corrected chi connectivity index (χ3v) is 5.98. The van der Waals surface area contributed by atoms with Crippen molar-refractivity contribution in [3.63, 3.8) is 0 Å². The molecule has 0 radical (unpaired) electrons. The van der Waals surface area contributed by atoms with Crippen molar-refractivity contribution < 1.29 is 17.9 Å². The van der Waals surface area contributed by atoms with Gasteiger partial charge in [-0.3, -0.25) is 4.79 Å². The molecule has 0 aliphatic carbocycles. The van der Waals surface area contributed by atoms with E-state index in [0.717, 1.165) is 22.9 Å². The van der Waals surface area contributed by atoms with Gasteiger partial charge in [-0.25, -0.2) is 8.42 Å². The summed E-state index contributed by atoms with van der Waals surface area (Å²) in [5, 5.41) is 0.672. The molecule has 0 aromatic heterocycles. The lowest BCUT2D eigenvalue weighted by atomic mass is 10.1. The molecule has 0 saturated heterocycles. The second-order valence-corrected chi connectivity index (χ2v) is 9.55. The standard InChI is InChI=1S/C20H22ClNO4S/c1-12(2)26-19-6-5-16(27(4,24)25)9-17(19)20(23)22-10-14-7-13(3)18(21)8-15(14)11-22/h5-9,12H,10-11H2,1-4H3. The van der Waals surface area contributed by atoms with E-state index >= 15 is 0 Å². The van der Waals surface area contributed by atoms with E-state index in [2.05, 4.69) is 0 Å². The van der Waals surface area contributed by atoms with E-state index in [0.29, 0.717) is 23.9 Å². The zero-order valence-electron chi connectivity index (χ0n) is 15.7. The van der Waals surface area contributed by atoms with Crippen LogP contribution in [0.2, 0.25) is 5.02 Å². The Morgan fingerprint density at radius 1 is 1.15 bits per heavy atom. The van der Waals surface area contributed by atoms with Crippen molar-refractivity contribution in [2.75, 3.05) is 6.26 Å². The molecule has 27 heavy (non-hydrogen) atoms. The minimum absolute atomic E-state index is 0.0950. The molecule has 3 rings (SSSR count). The van der Waals surface area contributed by atoms with Gasteiger partial charge in [0.1, 0.15) is 5.75 Å². The monoisotopic (exact) mass is 407 g/mol. The molecular weight excluding hydrogens is 386 g/mol. The summed E-state index contributed by atoms with van der Waals surface area (Å²) in [5.74, 6) is 0.119. The molecule has 1 heterocycles. The zero-order valence-corrected chi connectivity index (χ0v) is 17.3. The second-order valence-electron chi connectivity index (χ2n) is 7.13. The number of aryl methyl sites for hydroxylation is 1. The summed E-state index contributed by atoms with van der Waals surface area (Å²) in [6.45, 7) is 6.52. The van der Waals surface area contributed by atoms with Crippen molar-refractivity contribution in [1.82, 2.24) is 4.90 Å². The number of hydrogen-bond donors (Lipinski definition) is 0. The number of carbonyl (C=O) groups excluding carboxylic acids is 1. The molecule has 1 aliphatic heterocycles. The molecule has 0 fully saturated rings. The lowest BCUT2D eigenvalue weighted by Crippen LogP contribution is -2.26. The number of ether oxygens (including phenoxy) is 1. The van der Waals surface area contributed by atoms with Gasteiger partial charge in [0.15, 0.2) is 9.84 Å². The number of amides is 1. The van der Waals surface area contributed by atoms with Crippen LogP contribution in [0.1, 0.15) is 40.9 Å². The van der Waals surface area contributed by atoms with Crippen LogP contribution in [0.4, 0.5) is 0 Å². The maximum absolute atomic E-state index is 13.2. The largest absolute Gasteiger partial charge is 0.490 e. The van der Waals surface area contributed by atoms with Crippen molar-refractivity contribution in [2.45, 2.75) is 44.9 Å². The summed E-state index contributed by atoms with van der Waals surface area (Å²) < 4.78 is 29.6. The molecule has 0 N–H and O–H groups in total. The number of halogens is 1. The van der Waals surface area contributed by atoms with Crippen molar-refractivity contribution >= 4 is 27.3 Å². The van der Waals surface area contributed by atoms with Crippen LogP contribution in [-0.4, -0.2) is 31.6 Å². The van der Waals surface area contributed by atoms with Crippen molar-refractivity contribution in [3.05, 3.63) is 57.6 Å². The zero-order chi connectivity index (χ0) is 19.9. The Balaban J connectivity index is 1.98. The highest BCUT2D eigenvalue weighted by atomic mass is 35.5. The number of nitrogens with zero attached hydrogens (tertiary/aromatic N) is 1. The van der Waals surface area contributed by atoms with Gasteiger partial charge in [-0.05, 0) is 61.7 Å². The van der Waals surface area contributed by atoms with Gasteiger partial charge in [0.2, 0.25) is 0 Å². The average Bonchev–Trinajstić information content (AvgIpc) is 2.96. The number of hydrogen-bond acceptors (Lipinski definition) is 4. The summed E-state index contributed by atoms with van der Waals surface area (Å²) >= 11 is 6.20. The van der Waals surface area contributed by atoms with Crippen LogP contribution >= 0.6 is 11.6 Å². The lowest BCUT2D eigenvalue weighted by molar-refractivity contribution is 0.0745. The summed E-state index contributed by atoms with van der Waals surface area (Å²) in [7, 11) is -3.44. The molecule has 2 aromatic rings. The molecule has 7 heteroatoms. The van der Waals surface area contributed by atoms with Crippen LogP contribution in [0.3, 0.4) is 0 Å². The van der Waals surface area contributed by atoms with Gasteiger partial charge in [-0.1, -0.05) is 17.7 Å². The number of sulfone groups is 1. The van der Waals surface area contributed by atoms with E-state index in [1.165, 1.54) is 12.1 Å². The molecule has 0 spiro atoms. The fourth-order valence-corrected chi connectivity index (χ4v) is 3.95. The molecular formula is C20H22ClNO4S. The van der Waals surface area contributed by atoms with Gasteiger partial charge < -0.3 is 9.64 Å². The summed E-state index contributed by atoms with van der Waals surface area (Å²) in [4.78, 5) is 15.0. The van der Waals surface area contributed by atoms with Gasteiger partial charge in [0, 0.05) is 24.4 Å². The second kappa shape index (κ2) is 7.17.